The Bertz CT molecular complexity index is 2860. The molecule has 0 bridgehead atoms. The lowest BCUT2D eigenvalue weighted by molar-refractivity contribution is 0.332. The lowest BCUT2D eigenvalue weighted by Crippen LogP contribution is -2.61. The van der Waals surface area contributed by atoms with Gasteiger partial charge in [0.25, 0.3) is 6.71 Å². The maximum Gasteiger partial charge on any atom is 0.297 e. The van der Waals surface area contributed by atoms with Gasteiger partial charge in [-0.05, 0) is 147 Å². The molecule has 0 fully saturated rings. The van der Waals surface area contributed by atoms with Gasteiger partial charge in [0.15, 0.2) is 0 Å². The molecule has 60 heavy (non-hydrogen) atoms. The van der Waals surface area contributed by atoms with Crippen molar-refractivity contribution in [1.29, 1.82) is 0 Å². The highest BCUT2D eigenvalue weighted by molar-refractivity contribution is 7.00. The standard InChI is InChI=1S/C56H59BN2O/c1-34-18-24-40(36-16-14-13-15-17-36)46(28-34)59-45-25-21-38(54(6,7)8)31-44(45)57-50-47(29-35(2)30-48(50)59)58(39-22-19-37(20-23-39)53(3,4)5)51-41-32-42-43(33-49(41)60-52(51)57)56(11,12)27-26-55(42,9)10/h13-25,28-33H,26-27H2,1-12H3. The van der Waals surface area contributed by atoms with E-state index in [1.807, 2.05) is 0 Å². The van der Waals surface area contributed by atoms with E-state index in [-0.39, 0.29) is 28.4 Å². The fourth-order valence-electron chi connectivity index (χ4n) is 10.5. The van der Waals surface area contributed by atoms with E-state index < -0.39 is 0 Å². The van der Waals surface area contributed by atoms with Crippen LogP contribution in [0.15, 0.2) is 120 Å². The van der Waals surface area contributed by atoms with Crippen molar-refractivity contribution in [1.82, 2.24) is 0 Å². The molecule has 6 aromatic carbocycles. The van der Waals surface area contributed by atoms with E-state index in [1.165, 1.54) is 89.3 Å². The normalized spacial score (nSPS) is 16.4. The van der Waals surface area contributed by atoms with Crippen molar-refractivity contribution in [3.05, 3.63) is 149 Å². The molecule has 0 radical (unpaired) electrons. The van der Waals surface area contributed by atoms with Crippen molar-refractivity contribution in [2.45, 2.75) is 118 Å². The fraction of sp³-hybridized carbons (Fsp3) is 0.321. The van der Waals surface area contributed by atoms with Gasteiger partial charge in [-0.1, -0.05) is 136 Å². The molecule has 3 nitrogen and oxygen atoms in total. The first-order chi connectivity index (χ1) is 28.3. The summed E-state index contributed by atoms with van der Waals surface area (Å²) < 4.78 is 7.50. The summed E-state index contributed by atoms with van der Waals surface area (Å²) in [5, 5.41) is 1.20. The summed E-state index contributed by atoms with van der Waals surface area (Å²) in [6, 6.07) is 44.2. The van der Waals surface area contributed by atoms with Crippen molar-refractivity contribution in [3.8, 4) is 11.1 Å². The summed E-state index contributed by atoms with van der Waals surface area (Å²) in [6.45, 7) is 27.9. The monoisotopic (exact) mass is 786 g/mol. The predicted octanol–water partition coefficient (Wildman–Crippen LogP) is 13.7. The van der Waals surface area contributed by atoms with Crippen LogP contribution in [0.4, 0.5) is 34.1 Å². The summed E-state index contributed by atoms with van der Waals surface area (Å²) in [5.41, 5.74) is 22.2. The Kier molecular flexibility index (Phi) is 8.40. The number of hydrogen-bond acceptors (Lipinski definition) is 3. The molecule has 2 aliphatic heterocycles. The van der Waals surface area contributed by atoms with Crippen LogP contribution in [0.3, 0.4) is 0 Å². The highest BCUT2D eigenvalue weighted by Gasteiger charge is 2.48. The van der Waals surface area contributed by atoms with E-state index in [0.717, 1.165) is 29.8 Å². The Hall–Kier alpha value is -5.48. The highest BCUT2D eigenvalue weighted by Crippen LogP contribution is 2.52. The average Bonchev–Trinajstić information content (AvgIpc) is 3.57. The molecule has 3 aliphatic rings. The number of furan rings is 1. The number of benzene rings is 6. The van der Waals surface area contributed by atoms with E-state index in [9.17, 15) is 0 Å². The molecule has 10 rings (SSSR count). The minimum Gasteiger partial charge on any atom is -0.468 e. The Morgan fingerprint density at radius 2 is 1.17 bits per heavy atom. The van der Waals surface area contributed by atoms with Crippen LogP contribution in [0.1, 0.15) is 115 Å². The van der Waals surface area contributed by atoms with Gasteiger partial charge in [0, 0.05) is 33.7 Å². The molecule has 0 unspecified atom stereocenters. The predicted molar refractivity (Wildman–Crippen MR) is 258 cm³/mol. The zero-order valence-electron chi connectivity index (χ0n) is 37.8. The first kappa shape index (κ1) is 38.7. The molecule has 1 aliphatic carbocycles. The van der Waals surface area contributed by atoms with Gasteiger partial charge >= 0.3 is 0 Å². The molecule has 0 saturated heterocycles. The molecular weight excluding hydrogens is 727 g/mol. The van der Waals surface area contributed by atoms with Crippen LogP contribution in [0.2, 0.25) is 0 Å². The van der Waals surface area contributed by atoms with E-state index in [2.05, 4.69) is 208 Å². The van der Waals surface area contributed by atoms with E-state index in [4.69, 9.17) is 4.42 Å². The van der Waals surface area contributed by atoms with Crippen molar-refractivity contribution in [2.75, 3.05) is 9.80 Å². The number of fused-ring (bicyclic) bond motifs is 7. The third kappa shape index (κ3) is 5.92. The van der Waals surface area contributed by atoms with Gasteiger partial charge in [-0.2, -0.15) is 0 Å². The Labute approximate surface area is 358 Å². The lowest BCUT2D eigenvalue weighted by Gasteiger charge is -2.44. The van der Waals surface area contributed by atoms with Crippen LogP contribution >= 0.6 is 0 Å². The molecule has 0 atom stereocenters. The third-order valence-electron chi connectivity index (χ3n) is 14.1. The summed E-state index contributed by atoms with van der Waals surface area (Å²) in [4.78, 5) is 5.12. The number of aryl methyl sites for hydroxylation is 2. The minimum absolute atomic E-state index is 0.0399. The topological polar surface area (TPSA) is 19.6 Å². The fourth-order valence-corrected chi connectivity index (χ4v) is 10.5. The van der Waals surface area contributed by atoms with E-state index >= 15 is 0 Å². The number of nitrogens with zero attached hydrogens (tertiary/aromatic N) is 2. The average molecular weight is 787 g/mol. The smallest absolute Gasteiger partial charge is 0.297 e. The van der Waals surface area contributed by atoms with Crippen LogP contribution in [-0.2, 0) is 21.7 Å². The quantitative estimate of drug-likeness (QED) is 0.166. The lowest BCUT2D eigenvalue weighted by atomic mass is 9.35. The zero-order valence-corrected chi connectivity index (χ0v) is 37.8. The van der Waals surface area contributed by atoms with Crippen molar-refractivity contribution < 1.29 is 4.42 Å². The first-order valence-corrected chi connectivity index (χ1v) is 22.1. The Morgan fingerprint density at radius 1 is 0.567 bits per heavy atom. The van der Waals surface area contributed by atoms with Crippen LogP contribution in [0, 0.1) is 13.8 Å². The van der Waals surface area contributed by atoms with Crippen molar-refractivity contribution in [2.24, 2.45) is 0 Å². The maximum absolute atomic E-state index is 7.50. The van der Waals surface area contributed by atoms with Crippen molar-refractivity contribution >= 4 is 68.4 Å². The van der Waals surface area contributed by atoms with E-state index in [1.54, 1.807) is 0 Å². The van der Waals surface area contributed by atoms with Gasteiger partial charge in [-0.3, -0.25) is 0 Å². The molecule has 0 N–H and O–H groups in total. The van der Waals surface area contributed by atoms with E-state index in [0.29, 0.717) is 0 Å². The van der Waals surface area contributed by atoms with Crippen LogP contribution in [0.25, 0.3) is 22.1 Å². The molecule has 0 amide bonds. The highest BCUT2D eigenvalue weighted by atomic mass is 16.3. The Morgan fingerprint density at radius 3 is 1.82 bits per heavy atom. The van der Waals surface area contributed by atoms with Gasteiger partial charge in [0.05, 0.1) is 17.0 Å². The van der Waals surface area contributed by atoms with Crippen LogP contribution in [0.5, 0.6) is 0 Å². The van der Waals surface area contributed by atoms with Gasteiger partial charge in [0.1, 0.15) is 5.58 Å². The minimum atomic E-state index is -0.111. The van der Waals surface area contributed by atoms with Crippen LogP contribution < -0.4 is 26.4 Å². The number of hydrogen-bond donors (Lipinski definition) is 0. The van der Waals surface area contributed by atoms with Gasteiger partial charge in [-0.15, -0.1) is 0 Å². The summed E-state index contributed by atoms with van der Waals surface area (Å²) in [7, 11) is 0. The first-order valence-electron chi connectivity index (χ1n) is 22.1. The van der Waals surface area contributed by atoms with Gasteiger partial charge < -0.3 is 14.2 Å². The largest absolute Gasteiger partial charge is 0.468 e. The molecular formula is C56H59BN2O. The molecule has 0 spiro atoms. The summed E-state index contributed by atoms with van der Waals surface area (Å²) in [6.07, 6.45) is 2.32. The van der Waals surface area contributed by atoms with Crippen molar-refractivity contribution in [3.63, 3.8) is 0 Å². The molecule has 3 heterocycles. The summed E-state index contributed by atoms with van der Waals surface area (Å²) in [5.74, 6) is 0. The SMILES string of the molecule is Cc1ccc(-c2ccccc2)c(N2c3ccc(C(C)(C)C)cc3B3c4oc5cc6c(cc5c4N(c4ccc(C(C)(C)C)cc4)c4cc(C)cc2c43)C(C)(C)CCC6(C)C)c1. The Balaban J connectivity index is 1.34. The second kappa shape index (κ2) is 13.0. The second-order valence-corrected chi connectivity index (χ2v) is 21.5. The molecule has 0 saturated carbocycles. The number of rotatable bonds is 3. The molecule has 1 aromatic heterocycles. The van der Waals surface area contributed by atoms with Gasteiger partial charge in [-0.25, -0.2) is 0 Å². The van der Waals surface area contributed by atoms with Gasteiger partial charge in [0.2, 0.25) is 0 Å². The number of anilines is 6. The molecule has 302 valence electrons. The second-order valence-electron chi connectivity index (χ2n) is 21.5. The maximum atomic E-state index is 7.50. The molecule has 4 heteroatoms. The summed E-state index contributed by atoms with van der Waals surface area (Å²) >= 11 is 0. The third-order valence-corrected chi connectivity index (χ3v) is 14.1. The molecule has 7 aromatic rings. The van der Waals surface area contributed by atoms with Crippen LogP contribution in [-0.4, -0.2) is 6.71 Å². The zero-order chi connectivity index (χ0) is 42.3.